The van der Waals surface area contributed by atoms with Gasteiger partial charge in [0.2, 0.25) is 15.9 Å². The van der Waals surface area contributed by atoms with E-state index in [1.807, 2.05) is 35.2 Å². The SMILES string of the molecule is Cc1ccccc1N1Cc2ccc(NC3CCN(S(=O)(=O)c4ccccc4)CC3)nc2C(C2CCN(Cc3ccccc3)CC2)C1=O. The molecule has 4 heterocycles. The van der Waals surface area contributed by atoms with Crippen molar-refractivity contribution in [1.82, 2.24) is 14.2 Å². The van der Waals surface area contributed by atoms with E-state index in [0.717, 1.165) is 60.8 Å². The summed E-state index contributed by atoms with van der Waals surface area (Å²) < 4.78 is 27.9. The molecule has 1 aromatic heterocycles. The van der Waals surface area contributed by atoms with Crippen LogP contribution in [0.1, 0.15) is 54.0 Å². The maximum Gasteiger partial charge on any atom is 0.243 e. The molecule has 244 valence electrons. The Morgan fingerprint density at radius 2 is 1.45 bits per heavy atom. The number of carbonyl (C=O) groups is 1. The molecule has 3 aliphatic heterocycles. The van der Waals surface area contributed by atoms with Gasteiger partial charge in [0, 0.05) is 31.4 Å². The van der Waals surface area contributed by atoms with E-state index in [-0.39, 0.29) is 23.8 Å². The van der Waals surface area contributed by atoms with E-state index in [1.54, 1.807) is 28.6 Å². The average Bonchev–Trinajstić information content (AvgIpc) is 3.10. The van der Waals surface area contributed by atoms with E-state index in [0.29, 0.717) is 37.4 Å². The van der Waals surface area contributed by atoms with Crippen LogP contribution in [0.5, 0.6) is 0 Å². The third-order valence-electron chi connectivity index (χ3n) is 10.1. The molecule has 8 nitrogen and oxygen atoms in total. The van der Waals surface area contributed by atoms with Crippen molar-refractivity contribution >= 4 is 27.4 Å². The number of likely N-dealkylation sites (tertiary alicyclic amines) is 1. The van der Waals surface area contributed by atoms with Gasteiger partial charge in [-0.2, -0.15) is 4.31 Å². The molecule has 4 aromatic rings. The number of nitrogens with zero attached hydrogens (tertiary/aromatic N) is 4. The number of piperidine rings is 2. The second kappa shape index (κ2) is 13.6. The summed E-state index contributed by atoms with van der Waals surface area (Å²) in [5.41, 5.74) is 5.37. The highest BCUT2D eigenvalue weighted by atomic mass is 32.2. The Morgan fingerprint density at radius 3 is 2.15 bits per heavy atom. The number of hydrogen-bond donors (Lipinski definition) is 1. The van der Waals surface area contributed by atoms with Crippen LogP contribution in [-0.2, 0) is 27.9 Å². The summed E-state index contributed by atoms with van der Waals surface area (Å²) in [6.07, 6.45) is 3.26. The lowest BCUT2D eigenvalue weighted by Gasteiger charge is -2.41. The summed E-state index contributed by atoms with van der Waals surface area (Å²) in [6, 6.07) is 31.6. The summed E-state index contributed by atoms with van der Waals surface area (Å²) >= 11 is 0. The van der Waals surface area contributed by atoms with E-state index in [2.05, 4.69) is 59.6 Å². The molecule has 3 aliphatic rings. The predicted molar refractivity (Wildman–Crippen MR) is 186 cm³/mol. The van der Waals surface area contributed by atoms with Gasteiger partial charge in [0.1, 0.15) is 5.82 Å². The second-order valence-electron chi connectivity index (χ2n) is 13.2. The minimum Gasteiger partial charge on any atom is -0.367 e. The largest absolute Gasteiger partial charge is 0.367 e. The topological polar surface area (TPSA) is 85.8 Å². The Morgan fingerprint density at radius 1 is 0.787 bits per heavy atom. The third-order valence-corrected chi connectivity index (χ3v) is 12.0. The van der Waals surface area contributed by atoms with Gasteiger partial charge in [-0.15, -0.1) is 0 Å². The van der Waals surface area contributed by atoms with Crippen LogP contribution in [0.3, 0.4) is 0 Å². The molecule has 0 radical (unpaired) electrons. The zero-order valence-corrected chi connectivity index (χ0v) is 27.8. The molecule has 7 rings (SSSR count). The van der Waals surface area contributed by atoms with Gasteiger partial charge in [-0.1, -0.05) is 72.8 Å². The first kappa shape index (κ1) is 31.5. The molecule has 0 saturated carbocycles. The van der Waals surface area contributed by atoms with Crippen LogP contribution < -0.4 is 10.2 Å². The minimum atomic E-state index is -3.51. The standard InChI is InChI=1S/C38H43N5O3S/c1-28-10-8-9-15-34(28)43-27-31-16-17-35(39-32-20-24-42(25-21-32)47(45,46)33-13-6-3-7-14-33)40-37(31)36(38(43)44)30-18-22-41(23-19-30)26-29-11-4-2-5-12-29/h2-17,30,32,36H,18-27H2,1H3,(H,39,40). The zero-order valence-electron chi connectivity index (χ0n) is 27.0. The number of para-hydroxylation sites is 1. The maximum absolute atomic E-state index is 14.5. The number of hydrogen-bond acceptors (Lipinski definition) is 6. The fraction of sp³-hybridized carbons (Fsp3) is 0.368. The molecule has 2 fully saturated rings. The average molecular weight is 650 g/mol. The summed E-state index contributed by atoms with van der Waals surface area (Å²) in [4.78, 5) is 24.4. The Bertz CT molecular complexity index is 1800. The lowest BCUT2D eigenvalue weighted by Crippen LogP contribution is -2.46. The fourth-order valence-corrected chi connectivity index (χ4v) is 8.98. The van der Waals surface area contributed by atoms with Gasteiger partial charge in [-0.3, -0.25) is 9.69 Å². The normalized spacial score (nSPS) is 20.2. The number of anilines is 2. The van der Waals surface area contributed by atoms with Crippen LogP contribution in [0.2, 0.25) is 0 Å². The van der Waals surface area contributed by atoms with Gasteiger partial charge in [-0.25, -0.2) is 13.4 Å². The highest BCUT2D eigenvalue weighted by molar-refractivity contribution is 7.89. The molecular weight excluding hydrogens is 607 g/mol. The molecule has 2 saturated heterocycles. The number of aryl methyl sites for hydroxylation is 1. The van der Waals surface area contributed by atoms with Crippen LogP contribution in [0.25, 0.3) is 0 Å². The van der Waals surface area contributed by atoms with E-state index >= 15 is 0 Å². The molecule has 9 heteroatoms. The minimum absolute atomic E-state index is 0.102. The smallest absolute Gasteiger partial charge is 0.243 e. The van der Waals surface area contributed by atoms with Gasteiger partial charge in [0.25, 0.3) is 0 Å². The van der Waals surface area contributed by atoms with Crippen molar-refractivity contribution in [2.45, 2.75) is 62.6 Å². The molecule has 1 unspecified atom stereocenters. The van der Waals surface area contributed by atoms with Gasteiger partial charge < -0.3 is 10.2 Å². The van der Waals surface area contributed by atoms with Crippen molar-refractivity contribution in [2.24, 2.45) is 5.92 Å². The Kier molecular flexibility index (Phi) is 9.12. The Hall–Kier alpha value is -4.05. The molecule has 47 heavy (non-hydrogen) atoms. The number of pyridine rings is 1. The van der Waals surface area contributed by atoms with Crippen molar-refractivity contribution in [3.05, 3.63) is 119 Å². The molecule has 1 atom stereocenters. The van der Waals surface area contributed by atoms with Crippen LogP contribution in [0.4, 0.5) is 11.5 Å². The van der Waals surface area contributed by atoms with E-state index in [9.17, 15) is 13.2 Å². The van der Waals surface area contributed by atoms with Gasteiger partial charge >= 0.3 is 0 Å². The highest BCUT2D eigenvalue weighted by Gasteiger charge is 2.42. The first-order chi connectivity index (χ1) is 22.9. The van der Waals surface area contributed by atoms with Gasteiger partial charge in [0.05, 0.1) is 23.1 Å². The van der Waals surface area contributed by atoms with Gasteiger partial charge in [0.15, 0.2) is 0 Å². The lowest BCUT2D eigenvalue weighted by molar-refractivity contribution is -0.122. The van der Waals surface area contributed by atoms with Crippen molar-refractivity contribution in [2.75, 3.05) is 36.4 Å². The van der Waals surface area contributed by atoms with Crippen molar-refractivity contribution in [3.63, 3.8) is 0 Å². The number of carbonyl (C=O) groups excluding carboxylic acids is 1. The Labute approximate surface area is 278 Å². The number of rotatable bonds is 8. The van der Waals surface area contributed by atoms with E-state index < -0.39 is 10.0 Å². The Balaban J connectivity index is 1.09. The molecule has 1 amide bonds. The second-order valence-corrected chi connectivity index (χ2v) is 15.1. The lowest BCUT2D eigenvalue weighted by atomic mass is 9.77. The van der Waals surface area contributed by atoms with Gasteiger partial charge in [-0.05, 0) is 92.6 Å². The maximum atomic E-state index is 14.5. The van der Waals surface area contributed by atoms with Crippen molar-refractivity contribution < 1.29 is 13.2 Å². The van der Waals surface area contributed by atoms with Crippen LogP contribution >= 0.6 is 0 Å². The predicted octanol–water partition coefficient (Wildman–Crippen LogP) is 6.20. The molecule has 1 N–H and O–H groups in total. The summed E-state index contributed by atoms with van der Waals surface area (Å²) in [5, 5.41) is 3.60. The van der Waals surface area contributed by atoms with E-state index in [1.165, 1.54) is 5.56 Å². The highest BCUT2D eigenvalue weighted by Crippen LogP contribution is 2.41. The van der Waals surface area contributed by atoms with Crippen LogP contribution in [-0.4, -0.2) is 60.7 Å². The monoisotopic (exact) mass is 649 g/mol. The van der Waals surface area contributed by atoms with Crippen LogP contribution in [0, 0.1) is 12.8 Å². The molecule has 0 aliphatic carbocycles. The first-order valence-corrected chi connectivity index (χ1v) is 18.3. The fourth-order valence-electron chi connectivity index (χ4n) is 7.49. The molecule has 3 aromatic carbocycles. The summed E-state index contributed by atoms with van der Waals surface area (Å²) in [5.74, 6) is 0.792. The van der Waals surface area contributed by atoms with Crippen LogP contribution in [0.15, 0.2) is 102 Å². The summed E-state index contributed by atoms with van der Waals surface area (Å²) in [6.45, 7) is 6.30. The number of aromatic nitrogens is 1. The molecule has 0 bridgehead atoms. The number of sulfonamides is 1. The zero-order chi connectivity index (χ0) is 32.4. The quantitative estimate of drug-likeness (QED) is 0.245. The number of nitrogens with one attached hydrogen (secondary N) is 1. The molecule has 0 spiro atoms. The number of amides is 1. The molecular formula is C38H43N5O3S. The number of fused-ring (bicyclic) bond motifs is 1. The van der Waals surface area contributed by atoms with E-state index in [4.69, 9.17) is 4.98 Å². The first-order valence-electron chi connectivity index (χ1n) is 16.8. The van der Waals surface area contributed by atoms with Crippen molar-refractivity contribution in [3.8, 4) is 0 Å². The number of benzene rings is 3. The third kappa shape index (κ3) is 6.70. The summed E-state index contributed by atoms with van der Waals surface area (Å²) in [7, 11) is -3.51. The van der Waals surface area contributed by atoms with Crippen molar-refractivity contribution in [1.29, 1.82) is 0 Å².